The number of nitrogen functional groups attached to an aromatic ring is 1. The quantitative estimate of drug-likeness (QED) is 0.700. The van der Waals surface area contributed by atoms with E-state index in [0.29, 0.717) is 9.88 Å². The number of carbonyl (C=O) groups excluding carboxylic acids is 2. The van der Waals surface area contributed by atoms with Crippen molar-refractivity contribution in [1.29, 1.82) is 0 Å². The number of thiophene rings is 1. The first-order chi connectivity index (χ1) is 8.91. The molecule has 0 atom stereocenters. The van der Waals surface area contributed by atoms with Gasteiger partial charge in [0, 0.05) is 26.1 Å². The lowest BCUT2D eigenvalue weighted by molar-refractivity contribution is 0.100. The van der Waals surface area contributed by atoms with E-state index in [4.69, 9.17) is 17.2 Å². The number of nitrogens with two attached hydrogens (primary N) is 3. The molecular formula is C12H18N4O2S. The minimum absolute atomic E-state index is 0.148. The second-order valence-electron chi connectivity index (χ2n) is 4.77. The fourth-order valence-corrected chi connectivity index (χ4v) is 3.43. The molecule has 1 aromatic heterocycles. The maximum atomic E-state index is 11.6. The molecule has 7 heteroatoms. The van der Waals surface area contributed by atoms with E-state index in [1.54, 1.807) is 0 Å². The molecular weight excluding hydrogens is 264 g/mol. The van der Waals surface area contributed by atoms with Gasteiger partial charge < -0.3 is 22.1 Å². The minimum Gasteiger partial charge on any atom is -0.397 e. The first-order valence-electron chi connectivity index (χ1n) is 6.15. The minimum atomic E-state index is -0.592. The number of ketones is 1. The maximum absolute atomic E-state index is 11.6. The van der Waals surface area contributed by atoms with Crippen molar-refractivity contribution in [1.82, 2.24) is 0 Å². The number of nitrogens with zero attached hydrogens (tertiary/aromatic N) is 1. The van der Waals surface area contributed by atoms with E-state index in [1.165, 1.54) is 18.3 Å². The third-order valence-corrected chi connectivity index (χ3v) is 4.69. The van der Waals surface area contributed by atoms with Crippen molar-refractivity contribution in [2.75, 3.05) is 23.7 Å². The summed E-state index contributed by atoms with van der Waals surface area (Å²) in [5, 5.41) is 0.696. The van der Waals surface area contributed by atoms with E-state index in [2.05, 4.69) is 0 Å². The molecule has 1 aromatic rings. The Balaban J connectivity index is 2.41. The number of anilines is 2. The Kier molecular flexibility index (Phi) is 3.77. The molecule has 1 saturated heterocycles. The van der Waals surface area contributed by atoms with Crippen molar-refractivity contribution < 1.29 is 9.59 Å². The van der Waals surface area contributed by atoms with Gasteiger partial charge in [0.1, 0.15) is 5.00 Å². The van der Waals surface area contributed by atoms with Crippen LogP contribution in [0.3, 0.4) is 0 Å². The van der Waals surface area contributed by atoms with Crippen molar-refractivity contribution >= 4 is 33.7 Å². The Labute approximate surface area is 115 Å². The van der Waals surface area contributed by atoms with Crippen LogP contribution in [0.2, 0.25) is 0 Å². The van der Waals surface area contributed by atoms with E-state index >= 15 is 0 Å². The first kappa shape index (κ1) is 13.8. The zero-order valence-electron chi connectivity index (χ0n) is 10.8. The highest BCUT2D eigenvalue weighted by atomic mass is 32.1. The van der Waals surface area contributed by atoms with Crippen molar-refractivity contribution in [3.63, 3.8) is 0 Å². The summed E-state index contributed by atoms with van der Waals surface area (Å²) in [6.07, 6.45) is 1.71. The standard InChI is InChI=1S/C12H18N4O2S/c1-6(17)10-9(14)8(11(15)18)12(19-10)16-4-2-7(13)3-5-16/h7H,2-5,13-14H2,1H3,(H2,15,18). The average Bonchev–Trinajstić information content (AvgIpc) is 2.68. The predicted octanol–water partition coefficient (Wildman–Crippen LogP) is 0.559. The number of primary amides is 1. The molecule has 0 spiro atoms. The summed E-state index contributed by atoms with van der Waals surface area (Å²) in [4.78, 5) is 25.5. The highest BCUT2D eigenvalue weighted by Crippen LogP contribution is 2.39. The lowest BCUT2D eigenvalue weighted by Gasteiger charge is -2.31. The second kappa shape index (κ2) is 5.18. The smallest absolute Gasteiger partial charge is 0.253 e. The largest absolute Gasteiger partial charge is 0.397 e. The number of carbonyl (C=O) groups is 2. The highest BCUT2D eigenvalue weighted by molar-refractivity contribution is 7.19. The third-order valence-electron chi connectivity index (χ3n) is 3.32. The Morgan fingerprint density at radius 1 is 1.32 bits per heavy atom. The second-order valence-corrected chi connectivity index (χ2v) is 5.77. The fraction of sp³-hybridized carbons (Fsp3) is 0.500. The van der Waals surface area contributed by atoms with Crippen LogP contribution in [-0.2, 0) is 0 Å². The van der Waals surface area contributed by atoms with Gasteiger partial charge in [-0.3, -0.25) is 9.59 Å². The fourth-order valence-electron chi connectivity index (χ4n) is 2.26. The molecule has 0 aromatic carbocycles. The molecule has 1 aliphatic heterocycles. The molecule has 0 unspecified atom stereocenters. The Morgan fingerprint density at radius 2 is 1.89 bits per heavy atom. The molecule has 2 rings (SSSR count). The third kappa shape index (κ3) is 2.57. The van der Waals surface area contributed by atoms with Crippen LogP contribution in [0.1, 0.15) is 39.8 Å². The van der Waals surface area contributed by atoms with Gasteiger partial charge in [0.25, 0.3) is 5.91 Å². The molecule has 1 aliphatic rings. The van der Waals surface area contributed by atoms with Gasteiger partial charge in [-0.2, -0.15) is 0 Å². The van der Waals surface area contributed by atoms with E-state index in [9.17, 15) is 9.59 Å². The van der Waals surface area contributed by atoms with Crippen LogP contribution in [0.25, 0.3) is 0 Å². The Bertz CT molecular complexity index is 518. The topological polar surface area (TPSA) is 115 Å². The average molecular weight is 282 g/mol. The molecule has 0 radical (unpaired) electrons. The number of piperidine rings is 1. The molecule has 0 bridgehead atoms. The van der Waals surface area contributed by atoms with Gasteiger partial charge in [-0.1, -0.05) is 0 Å². The van der Waals surface area contributed by atoms with Crippen LogP contribution in [0.4, 0.5) is 10.7 Å². The molecule has 104 valence electrons. The molecule has 2 heterocycles. The molecule has 0 saturated carbocycles. The number of amides is 1. The van der Waals surface area contributed by atoms with Crippen molar-refractivity contribution in [3.8, 4) is 0 Å². The van der Waals surface area contributed by atoms with Crippen LogP contribution in [0.5, 0.6) is 0 Å². The lowest BCUT2D eigenvalue weighted by atomic mass is 10.1. The van der Waals surface area contributed by atoms with Crippen molar-refractivity contribution in [2.24, 2.45) is 11.5 Å². The molecule has 1 fully saturated rings. The zero-order valence-corrected chi connectivity index (χ0v) is 11.6. The number of hydrogen-bond donors (Lipinski definition) is 3. The monoisotopic (exact) mass is 282 g/mol. The summed E-state index contributed by atoms with van der Waals surface area (Å²) in [5.41, 5.74) is 17.6. The van der Waals surface area contributed by atoms with Gasteiger partial charge in [-0.25, -0.2) is 0 Å². The SMILES string of the molecule is CC(=O)c1sc(N2CCC(N)CC2)c(C(N)=O)c1N. The summed E-state index contributed by atoms with van der Waals surface area (Å²) in [6, 6.07) is 0.192. The Hall–Kier alpha value is -1.60. The summed E-state index contributed by atoms with van der Waals surface area (Å²) < 4.78 is 0. The Morgan fingerprint density at radius 3 is 2.37 bits per heavy atom. The van der Waals surface area contributed by atoms with E-state index < -0.39 is 5.91 Å². The first-order valence-corrected chi connectivity index (χ1v) is 6.97. The van der Waals surface area contributed by atoms with Gasteiger partial charge in [0.15, 0.2) is 5.78 Å². The lowest BCUT2D eigenvalue weighted by Crippen LogP contribution is -2.40. The van der Waals surface area contributed by atoms with E-state index in [-0.39, 0.29) is 23.1 Å². The highest BCUT2D eigenvalue weighted by Gasteiger charge is 2.27. The van der Waals surface area contributed by atoms with Crippen molar-refractivity contribution in [2.45, 2.75) is 25.8 Å². The number of hydrogen-bond acceptors (Lipinski definition) is 6. The molecule has 1 amide bonds. The van der Waals surface area contributed by atoms with Crippen LogP contribution >= 0.6 is 11.3 Å². The summed E-state index contributed by atoms with van der Waals surface area (Å²) >= 11 is 1.24. The molecule has 6 N–H and O–H groups in total. The summed E-state index contributed by atoms with van der Waals surface area (Å²) in [6.45, 7) is 2.93. The summed E-state index contributed by atoms with van der Waals surface area (Å²) in [7, 11) is 0. The van der Waals surface area contributed by atoms with Crippen molar-refractivity contribution in [3.05, 3.63) is 10.4 Å². The normalized spacial score (nSPS) is 16.6. The van der Waals surface area contributed by atoms with Crippen LogP contribution in [-0.4, -0.2) is 30.8 Å². The van der Waals surface area contributed by atoms with Gasteiger partial charge >= 0.3 is 0 Å². The van der Waals surface area contributed by atoms with Crippen LogP contribution < -0.4 is 22.1 Å². The number of Topliss-reactive ketones (excluding diaryl/α,β-unsaturated/α-hetero) is 1. The van der Waals surface area contributed by atoms with E-state index in [1.807, 2.05) is 4.90 Å². The summed E-state index contributed by atoms with van der Waals surface area (Å²) in [5.74, 6) is -0.740. The van der Waals surface area contributed by atoms with Gasteiger partial charge in [0.2, 0.25) is 0 Å². The van der Waals surface area contributed by atoms with E-state index in [0.717, 1.165) is 25.9 Å². The molecule has 19 heavy (non-hydrogen) atoms. The zero-order chi connectivity index (χ0) is 14.2. The molecule has 6 nitrogen and oxygen atoms in total. The number of rotatable bonds is 3. The maximum Gasteiger partial charge on any atom is 0.253 e. The van der Waals surface area contributed by atoms with Gasteiger partial charge in [-0.05, 0) is 12.8 Å². The predicted molar refractivity (Wildman–Crippen MR) is 76.7 cm³/mol. The van der Waals surface area contributed by atoms with Gasteiger partial charge in [0.05, 0.1) is 16.1 Å². The van der Waals surface area contributed by atoms with Crippen LogP contribution in [0, 0.1) is 0 Å². The van der Waals surface area contributed by atoms with Gasteiger partial charge in [-0.15, -0.1) is 11.3 Å². The van der Waals surface area contributed by atoms with Crippen LogP contribution in [0.15, 0.2) is 0 Å². The molecule has 0 aliphatic carbocycles.